The Morgan fingerprint density at radius 1 is 1.17 bits per heavy atom. The number of rotatable bonds is 3. The monoisotopic (exact) mass is 268 g/mol. The second kappa shape index (κ2) is 5.34. The van der Waals surface area contributed by atoms with E-state index in [0.717, 1.165) is 17.2 Å². The number of hydrogen-bond donors (Lipinski definition) is 1. The van der Waals surface area contributed by atoms with E-state index in [-0.39, 0.29) is 0 Å². The molecule has 0 radical (unpaired) electrons. The molecule has 0 aromatic rings. The fourth-order valence-electron chi connectivity index (χ4n) is 4.09. The predicted molar refractivity (Wildman–Crippen MR) is 80.3 cm³/mol. The molecular weight excluding hydrogens is 240 g/mol. The van der Waals surface area contributed by atoms with E-state index in [4.69, 9.17) is 0 Å². The largest absolute Gasteiger partial charge is 0.309 e. The van der Waals surface area contributed by atoms with Crippen LogP contribution in [0.2, 0.25) is 0 Å². The van der Waals surface area contributed by atoms with Gasteiger partial charge in [-0.2, -0.15) is 11.8 Å². The van der Waals surface area contributed by atoms with Crippen molar-refractivity contribution in [3.63, 3.8) is 0 Å². The van der Waals surface area contributed by atoms with Gasteiger partial charge in [0.15, 0.2) is 0 Å². The van der Waals surface area contributed by atoms with Crippen molar-refractivity contribution >= 4 is 11.8 Å². The van der Waals surface area contributed by atoms with Crippen molar-refractivity contribution in [2.75, 3.05) is 25.9 Å². The van der Waals surface area contributed by atoms with Gasteiger partial charge < -0.3 is 5.32 Å². The average molecular weight is 268 g/mol. The van der Waals surface area contributed by atoms with Crippen molar-refractivity contribution in [1.29, 1.82) is 0 Å². The molecule has 3 rings (SSSR count). The minimum absolute atomic E-state index is 0.415. The van der Waals surface area contributed by atoms with Gasteiger partial charge >= 0.3 is 0 Å². The van der Waals surface area contributed by atoms with Crippen molar-refractivity contribution < 1.29 is 0 Å². The van der Waals surface area contributed by atoms with E-state index in [1.54, 1.807) is 0 Å². The van der Waals surface area contributed by atoms with Crippen LogP contribution in [-0.2, 0) is 0 Å². The number of thioether (sulfide) groups is 1. The van der Waals surface area contributed by atoms with E-state index in [2.05, 4.69) is 35.2 Å². The zero-order chi connectivity index (χ0) is 12.6. The molecule has 3 aliphatic rings. The summed E-state index contributed by atoms with van der Waals surface area (Å²) in [7, 11) is 0. The third-order valence-electron chi connectivity index (χ3n) is 5.38. The van der Waals surface area contributed by atoms with Crippen LogP contribution in [-0.4, -0.2) is 47.6 Å². The SMILES string of the molecule is CSC1CCCCC1N1CCNC(C)(C2CC2)C1. The quantitative estimate of drug-likeness (QED) is 0.847. The van der Waals surface area contributed by atoms with E-state index in [1.807, 2.05) is 0 Å². The molecule has 18 heavy (non-hydrogen) atoms. The summed E-state index contributed by atoms with van der Waals surface area (Å²) in [6, 6.07) is 0.855. The van der Waals surface area contributed by atoms with Crippen molar-refractivity contribution in [3.05, 3.63) is 0 Å². The van der Waals surface area contributed by atoms with Crippen molar-refractivity contribution in [1.82, 2.24) is 10.2 Å². The molecule has 1 N–H and O–H groups in total. The molecule has 1 heterocycles. The average Bonchev–Trinajstić information content (AvgIpc) is 3.23. The Hall–Kier alpha value is 0.270. The summed E-state index contributed by atoms with van der Waals surface area (Å²) in [5.41, 5.74) is 0.415. The summed E-state index contributed by atoms with van der Waals surface area (Å²) in [5, 5.41) is 4.70. The fraction of sp³-hybridized carbons (Fsp3) is 1.00. The molecule has 104 valence electrons. The predicted octanol–water partition coefficient (Wildman–Crippen LogP) is 2.73. The van der Waals surface area contributed by atoms with E-state index in [1.165, 1.54) is 58.2 Å². The van der Waals surface area contributed by atoms with E-state index in [0.29, 0.717) is 5.54 Å². The van der Waals surface area contributed by atoms with Crippen LogP contribution in [0.5, 0.6) is 0 Å². The number of piperazine rings is 1. The molecule has 0 aromatic carbocycles. The smallest absolute Gasteiger partial charge is 0.0309 e. The first-order valence-electron chi connectivity index (χ1n) is 7.75. The number of nitrogens with zero attached hydrogens (tertiary/aromatic N) is 1. The molecule has 3 heteroatoms. The Morgan fingerprint density at radius 2 is 1.94 bits per heavy atom. The summed E-state index contributed by atoms with van der Waals surface area (Å²) in [4.78, 5) is 2.83. The standard InChI is InChI=1S/C15H28N2S/c1-15(12-7-8-12)11-17(10-9-16-15)13-5-3-4-6-14(13)18-2/h12-14,16H,3-11H2,1-2H3. The lowest BCUT2D eigenvalue weighted by atomic mass is 9.88. The lowest BCUT2D eigenvalue weighted by Crippen LogP contribution is -2.63. The third-order valence-corrected chi connectivity index (χ3v) is 6.53. The summed E-state index contributed by atoms with van der Waals surface area (Å²) in [6.45, 7) is 6.22. The fourth-order valence-corrected chi connectivity index (χ4v) is 5.11. The first-order valence-corrected chi connectivity index (χ1v) is 9.03. The minimum Gasteiger partial charge on any atom is -0.309 e. The molecule has 0 amide bonds. The highest BCUT2D eigenvalue weighted by Gasteiger charge is 2.45. The maximum Gasteiger partial charge on any atom is 0.0309 e. The van der Waals surface area contributed by atoms with Gasteiger partial charge in [0.05, 0.1) is 0 Å². The third kappa shape index (κ3) is 2.59. The second-order valence-electron chi connectivity index (χ2n) is 6.71. The topological polar surface area (TPSA) is 15.3 Å². The van der Waals surface area contributed by atoms with Gasteiger partial charge in [0.1, 0.15) is 0 Å². The van der Waals surface area contributed by atoms with Crippen LogP contribution in [0.4, 0.5) is 0 Å². The summed E-state index contributed by atoms with van der Waals surface area (Å²) >= 11 is 2.11. The van der Waals surface area contributed by atoms with Crippen LogP contribution in [0, 0.1) is 5.92 Å². The van der Waals surface area contributed by atoms with Crippen LogP contribution >= 0.6 is 11.8 Å². The highest BCUT2D eigenvalue weighted by atomic mass is 32.2. The summed E-state index contributed by atoms with van der Waals surface area (Å²) in [6.07, 6.45) is 11.0. The maximum atomic E-state index is 3.81. The van der Waals surface area contributed by atoms with E-state index in [9.17, 15) is 0 Å². The van der Waals surface area contributed by atoms with Gasteiger partial charge in [0.2, 0.25) is 0 Å². The normalized spacial score (nSPS) is 43.0. The van der Waals surface area contributed by atoms with Gasteiger partial charge in [-0.05, 0) is 44.8 Å². The van der Waals surface area contributed by atoms with Gasteiger partial charge in [-0.1, -0.05) is 12.8 Å². The van der Waals surface area contributed by atoms with E-state index < -0.39 is 0 Å². The Labute approximate surface area is 116 Å². The Balaban J connectivity index is 1.67. The lowest BCUT2D eigenvalue weighted by Gasteiger charge is -2.48. The van der Waals surface area contributed by atoms with Gasteiger partial charge in [0, 0.05) is 36.5 Å². The van der Waals surface area contributed by atoms with Crippen LogP contribution in [0.25, 0.3) is 0 Å². The van der Waals surface area contributed by atoms with Gasteiger partial charge in [0.25, 0.3) is 0 Å². The molecule has 2 saturated carbocycles. The number of nitrogens with one attached hydrogen (secondary N) is 1. The van der Waals surface area contributed by atoms with Crippen molar-refractivity contribution in [3.8, 4) is 0 Å². The molecule has 2 aliphatic carbocycles. The lowest BCUT2D eigenvalue weighted by molar-refractivity contribution is 0.0739. The summed E-state index contributed by atoms with van der Waals surface area (Å²) < 4.78 is 0. The van der Waals surface area contributed by atoms with Gasteiger partial charge in [-0.25, -0.2) is 0 Å². The first-order chi connectivity index (χ1) is 8.73. The van der Waals surface area contributed by atoms with Gasteiger partial charge in [-0.3, -0.25) is 4.90 Å². The highest BCUT2D eigenvalue weighted by Crippen LogP contribution is 2.42. The molecule has 0 bridgehead atoms. The number of hydrogen-bond acceptors (Lipinski definition) is 3. The van der Waals surface area contributed by atoms with Crippen molar-refractivity contribution in [2.45, 2.75) is 62.3 Å². The second-order valence-corrected chi connectivity index (χ2v) is 7.79. The molecule has 0 spiro atoms. The zero-order valence-corrected chi connectivity index (χ0v) is 12.8. The van der Waals surface area contributed by atoms with Crippen LogP contribution in [0.1, 0.15) is 45.4 Å². The Kier molecular flexibility index (Phi) is 3.93. The molecule has 3 unspecified atom stereocenters. The summed E-state index contributed by atoms with van der Waals surface area (Å²) in [5.74, 6) is 0.955. The van der Waals surface area contributed by atoms with E-state index >= 15 is 0 Å². The van der Waals surface area contributed by atoms with Crippen LogP contribution < -0.4 is 5.32 Å². The van der Waals surface area contributed by atoms with Crippen molar-refractivity contribution in [2.24, 2.45) is 5.92 Å². The Bertz CT molecular complexity index is 292. The van der Waals surface area contributed by atoms with Crippen LogP contribution in [0.3, 0.4) is 0 Å². The molecule has 3 atom stereocenters. The molecule has 1 aliphatic heterocycles. The van der Waals surface area contributed by atoms with Gasteiger partial charge in [-0.15, -0.1) is 0 Å². The first kappa shape index (κ1) is 13.3. The molecule has 0 aromatic heterocycles. The molecule has 3 fully saturated rings. The minimum atomic E-state index is 0.415. The molecule has 1 saturated heterocycles. The van der Waals surface area contributed by atoms with Crippen LogP contribution in [0.15, 0.2) is 0 Å². The highest BCUT2D eigenvalue weighted by molar-refractivity contribution is 7.99. The maximum absolute atomic E-state index is 3.81. The Morgan fingerprint density at radius 3 is 2.67 bits per heavy atom. The molecule has 2 nitrogen and oxygen atoms in total. The zero-order valence-electron chi connectivity index (χ0n) is 12.0. The molecular formula is C15H28N2S.